The minimum absolute atomic E-state index is 0.254. The summed E-state index contributed by atoms with van der Waals surface area (Å²) < 4.78 is 0. The third kappa shape index (κ3) is 4.87. The molecule has 0 aliphatic carbocycles. The molecule has 0 radical (unpaired) electrons. The number of piperidine rings is 1. The van der Waals surface area contributed by atoms with Crippen LogP contribution >= 0.6 is 23.2 Å². The molecule has 1 unspecified atom stereocenters. The van der Waals surface area contributed by atoms with Crippen molar-refractivity contribution in [2.45, 2.75) is 32.0 Å². The number of hydrogen-bond acceptors (Lipinski definition) is 5. The summed E-state index contributed by atoms with van der Waals surface area (Å²) in [6.45, 7) is 1.04. The highest BCUT2D eigenvalue weighted by Crippen LogP contribution is 2.28. The van der Waals surface area contributed by atoms with Crippen LogP contribution in [0.25, 0.3) is 0 Å². The molecule has 5 amide bonds. The predicted molar refractivity (Wildman–Crippen MR) is 115 cm³/mol. The van der Waals surface area contributed by atoms with Crippen molar-refractivity contribution in [1.82, 2.24) is 15.5 Å². The van der Waals surface area contributed by atoms with Gasteiger partial charge < -0.3 is 5.32 Å². The van der Waals surface area contributed by atoms with E-state index in [0.717, 1.165) is 11.1 Å². The van der Waals surface area contributed by atoms with Gasteiger partial charge in [0.05, 0.1) is 6.04 Å². The van der Waals surface area contributed by atoms with Crippen LogP contribution in [0.2, 0.25) is 10.0 Å². The van der Waals surface area contributed by atoms with E-state index in [0.29, 0.717) is 47.2 Å². The highest BCUT2D eigenvalue weighted by atomic mass is 35.5. The van der Waals surface area contributed by atoms with Crippen molar-refractivity contribution in [3.8, 4) is 0 Å². The maximum Gasteiger partial charge on any atom is 0.326 e. The molecule has 1 fully saturated rings. The average molecular weight is 461 g/mol. The summed E-state index contributed by atoms with van der Waals surface area (Å²) >= 11 is 11.8. The number of urea groups is 1. The lowest BCUT2D eigenvalue weighted by Crippen LogP contribution is -2.50. The summed E-state index contributed by atoms with van der Waals surface area (Å²) in [4.78, 5) is 50.2. The quantitative estimate of drug-likeness (QED) is 0.609. The molecule has 0 saturated carbocycles. The molecule has 3 N–H and O–H groups in total. The largest absolute Gasteiger partial charge is 0.326 e. The van der Waals surface area contributed by atoms with Crippen molar-refractivity contribution < 1.29 is 19.2 Å². The standard InChI is InChI=1S/C21H18Cl2N4O4/c22-14-6-15(23)8-16(7-14)24-21(31)26-19(29)11-1-2-12-9-27(10-13(12)5-11)17-3-4-18(28)25-20(17)30/h1-2,5-8,17H,3-4,9-10H2,(H,25,28,30)(H2,24,26,29,31). The number of halogens is 2. The van der Waals surface area contributed by atoms with Gasteiger partial charge in [-0.2, -0.15) is 0 Å². The Bertz CT molecular complexity index is 1080. The summed E-state index contributed by atoms with van der Waals surface area (Å²) in [6, 6.07) is 8.61. The Labute approximate surface area is 187 Å². The molecule has 2 aliphatic heterocycles. The Morgan fingerprint density at radius 3 is 2.42 bits per heavy atom. The Kier molecular flexibility index (Phi) is 5.95. The van der Waals surface area contributed by atoms with Crippen LogP contribution in [0.1, 0.15) is 34.3 Å². The van der Waals surface area contributed by atoms with Crippen LogP contribution in [0.3, 0.4) is 0 Å². The molecule has 0 bridgehead atoms. The summed E-state index contributed by atoms with van der Waals surface area (Å²) in [5, 5.41) is 7.86. The number of fused-ring (bicyclic) bond motifs is 1. The number of rotatable bonds is 3. The zero-order valence-corrected chi connectivity index (χ0v) is 17.7. The van der Waals surface area contributed by atoms with Gasteiger partial charge in [0.25, 0.3) is 5.91 Å². The van der Waals surface area contributed by atoms with Gasteiger partial charge in [-0.3, -0.25) is 29.9 Å². The number of carbonyl (C=O) groups excluding carboxylic acids is 4. The van der Waals surface area contributed by atoms with E-state index in [4.69, 9.17) is 23.2 Å². The van der Waals surface area contributed by atoms with E-state index in [1.165, 1.54) is 18.2 Å². The third-order valence-electron chi connectivity index (χ3n) is 5.21. The van der Waals surface area contributed by atoms with Gasteiger partial charge in [0.1, 0.15) is 0 Å². The van der Waals surface area contributed by atoms with Gasteiger partial charge in [-0.05, 0) is 47.9 Å². The van der Waals surface area contributed by atoms with Crippen LogP contribution in [0.15, 0.2) is 36.4 Å². The summed E-state index contributed by atoms with van der Waals surface area (Å²) in [5.41, 5.74) is 2.58. The summed E-state index contributed by atoms with van der Waals surface area (Å²) in [5.74, 6) is -1.11. The topological polar surface area (TPSA) is 108 Å². The van der Waals surface area contributed by atoms with Gasteiger partial charge in [0.15, 0.2) is 0 Å². The van der Waals surface area contributed by atoms with E-state index in [9.17, 15) is 19.2 Å². The summed E-state index contributed by atoms with van der Waals surface area (Å²) in [6.07, 6.45) is 0.781. The number of benzene rings is 2. The zero-order chi connectivity index (χ0) is 22.1. The number of hydrogen-bond donors (Lipinski definition) is 3. The Morgan fingerprint density at radius 2 is 1.71 bits per heavy atom. The van der Waals surface area contributed by atoms with Crippen molar-refractivity contribution in [3.63, 3.8) is 0 Å². The third-order valence-corrected chi connectivity index (χ3v) is 5.65. The highest BCUT2D eigenvalue weighted by molar-refractivity contribution is 6.35. The smallest absolute Gasteiger partial charge is 0.308 e. The van der Waals surface area contributed by atoms with Gasteiger partial charge in [-0.1, -0.05) is 29.3 Å². The maximum atomic E-state index is 12.5. The van der Waals surface area contributed by atoms with Gasteiger partial charge >= 0.3 is 6.03 Å². The second kappa shape index (κ2) is 8.66. The van der Waals surface area contributed by atoms with Gasteiger partial charge in [-0.25, -0.2) is 4.79 Å². The monoisotopic (exact) mass is 460 g/mol. The second-order valence-corrected chi connectivity index (χ2v) is 8.29. The molecule has 0 aromatic heterocycles. The molecule has 2 aromatic rings. The van der Waals surface area contributed by atoms with Crippen LogP contribution in [0.4, 0.5) is 10.5 Å². The lowest BCUT2D eigenvalue weighted by atomic mass is 10.0. The van der Waals surface area contributed by atoms with Crippen molar-refractivity contribution in [2.75, 3.05) is 5.32 Å². The fourth-order valence-corrected chi connectivity index (χ4v) is 4.30. The first-order valence-electron chi connectivity index (χ1n) is 9.56. The predicted octanol–water partition coefficient (Wildman–Crippen LogP) is 3.08. The Balaban J connectivity index is 1.39. The molecule has 2 heterocycles. The number of anilines is 1. The molecule has 0 spiro atoms. The normalized spacial score (nSPS) is 18.3. The fourth-order valence-electron chi connectivity index (χ4n) is 3.78. The van der Waals surface area contributed by atoms with E-state index < -0.39 is 11.9 Å². The molecule has 10 heteroatoms. The van der Waals surface area contributed by atoms with Crippen LogP contribution in [-0.4, -0.2) is 34.7 Å². The van der Waals surface area contributed by atoms with Crippen molar-refractivity contribution >= 4 is 52.6 Å². The Hall–Kier alpha value is -2.94. The number of nitrogens with zero attached hydrogens (tertiary/aromatic N) is 1. The molecule has 8 nitrogen and oxygen atoms in total. The molecular formula is C21H18Cl2N4O4. The number of imide groups is 2. The minimum Gasteiger partial charge on any atom is -0.308 e. The molecule has 160 valence electrons. The molecule has 4 rings (SSSR count). The second-order valence-electron chi connectivity index (χ2n) is 7.42. The van der Waals surface area contributed by atoms with Gasteiger partial charge in [-0.15, -0.1) is 0 Å². The van der Waals surface area contributed by atoms with Crippen molar-refractivity contribution in [2.24, 2.45) is 0 Å². The molecule has 31 heavy (non-hydrogen) atoms. The maximum absolute atomic E-state index is 12.5. The van der Waals surface area contributed by atoms with E-state index in [1.807, 2.05) is 11.0 Å². The molecule has 2 aliphatic rings. The molecular weight excluding hydrogens is 443 g/mol. The van der Waals surface area contributed by atoms with E-state index in [1.54, 1.807) is 12.1 Å². The van der Waals surface area contributed by atoms with Crippen molar-refractivity contribution in [1.29, 1.82) is 0 Å². The highest BCUT2D eigenvalue weighted by Gasteiger charge is 2.34. The first-order chi connectivity index (χ1) is 14.8. The lowest BCUT2D eigenvalue weighted by Gasteiger charge is -2.29. The van der Waals surface area contributed by atoms with E-state index in [-0.39, 0.29) is 17.9 Å². The van der Waals surface area contributed by atoms with E-state index >= 15 is 0 Å². The Morgan fingerprint density at radius 1 is 1.00 bits per heavy atom. The molecule has 2 aromatic carbocycles. The molecule has 1 saturated heterocycles. The average Bonchev–Trinajstić information content (AvgIpc) is 3.09. The first-order valence-corrected chi connectivity index (χ1v) is 10.3. The van der Waals surface area contributed by atoms with Crippen LogP contribution in [0, 0.1) is 0 Å². The fraction of sp³-hybridized carbons (Fsp3) is 0.238. The number of carbonyl (C=O) groups is 4. The van der Waals surface area contributed by atoms with Gasteiger partial charge in [0.2, 0.25) is 11.8 Å². The van der Waals surface area contributed by atoms with Crippen LogP contribution in [0.5, 0.6) is 0 Å². The zero-order valence-electron chi connectivity index (χ0n) is 16.2. The summed E-state index contributed by atoms with van der Waals surface area (Å²) in [7, 11) is 0. The van der Waals surface area contributed by atoms with Crippen molar-refractivity contribution in [3.05, 3.63) is 63.1 Å². The minimum atomic E-state index is -0.714. The molecule has 1 atom stereocenters. The van der Waals surface area contributed by atoms with Gasteiger partial charge in [0, 0.05) is 40.8 Å². The first kappa shape index (κ1) is 21.3. The van der Waals surface area contributed by atoms with E-state index in [2.05, 4.69) is 16.0 Å². The SMILES string of the molecule is O=C1CCC(N2Cc3ccc(C(=O)NC(=O)Nc4cc(Cl)cc(Cl)c4)cc3C2)C(=O)N1. The van der Waals surface area contributed by atoms with Crippen LogP contribution in [-0.2, 0) is 22.7 Å². The lowest BCUT2D eigenvalue weighted by molar-refractivity contribution is -0.137. The number of amides is 5. The van der Waals surface area contributed by atoms with Crippen LogP contribution < -0.4 is 16.0 Å². The number of nitrogens with one attached hydrogen (secondary N) is 3.